The summed E-state index contributed by atoms with van der Waals surface area (Å²) in [7, 11) is -1.35. The van der Waals surface area contributed by atoms with Gasteiger partial charge in [-0.3, -0.25) is 9.36 Å². The summed E-state index contributed by atoms with van der Waals surface area (Å²) < 4.78 is 13.9. The van der Waals surface area contributed by atoms with Gasteiger partial charge in [0.1, 0.15) is 15.8 Å². The molecule has 1 heterocycles. The van der Waals surface area contributed by atoms with Crippen LogP contribution in [0.3, 0.4) is 0 Å². The molecule has 3 nitrogen and oxygen atoms in total. The minimum atomic E-state index is -1.35. The molecule has 0 aliphatic heterocycles. The third-order valence-corrected chi connectivity index (χ3v) is 4.10. The lowest BCUT2D eigenvalue weighted by molar-refractivity contribution is 0.0960. The van der Waals surface area contributed by atoms with Gasteiger partial charge < -0.3 is 0 Å². The van der Waals surface area contributed by atoms with E-state index in [0.717, 1.165) is 5.56 Å². The molecule has 0 saturated carbocycles. The van der Waals surface area contributed by atoms with E-state index in [-0.39, 0.29) is 5.91 Å². The predicted octanol–water partition coefficient (Wildman–Crippen LogP) is 3.18. The average Bonchev–Trinajstić information content (AvgIpc) is 2.88. The van der Waals surface area contributed by atoms with Crippen molar-refractivity contribution in [3.63, 3.8) is 0 Å². The normalized spacial score (nSPS) is 12.7. The number of hydrogen-bond acceptors (Lipinski definition) is 2. The van der Waals surface area contributed by atoms with Crippen molar-refractivity contribution < 1.29 is 9.00 Å². The van der Waals surface area contributed by atoms with Gasteiger partial charge >= 0.3 is 0 Å². The monoisotopic (exact) mass is 273 g/mol. The molecular weight excluding hydrogens is 258 g/mol. The SMILES string of the molecule is C/C=C/C(=O)n1cccc1S(=O)c1ccc(C)cc1. The molecule has 0 radical (unpaired) electrons. The minimum absolute atomic E-state index is 0.192. The largest absolute Gasteiger partial charge is 0.276 e. The molecule has 19 heavy (non-hydrogen) atoms. The summed E-state index contributed by atoms with van der Waals surface area (Å²) in [5.74, 6) is -0.192. The zero-order chi connectivity index (χ0) is 13.8. The fourth-order valence-corrected chi connectivity index (χ4v) is 2.86. The van der Waals surface area contributed by atoms with Gasteiger partial charge in [-0.15, -0.1) is 0 Å². The van der Waals surface area contributed by atoms with Crippen LogP contribution in [0.25, 0.3) is 0 Å². The summed E-state index contributed by atoms with van der Waals surface area (Å²) in [4.78, 5) is 12.6. The van der Waals surface area contributed by atoms with Crippen LogP contribution in [0.5, 0.6) is 0 Å². The first-order chi connectivity index (χ1) is 9.13. The summed E-state index contributed by atoms with van der Waals surface area (Å²) in [6.07, 6.45) is 4.75. The van der Waals surface area contributed by atoms with Crippen molar-refractivity contribution in [2.45, 2.75) is 23.8 Å². The third kappa shape index (κ3) is 2.90. The average molecular weight is 273 g/mol. The van der Waals surface area contributed by atoms with Gasteiger partial charge in [-0.2, -0.15) is 0 Å². The van der Waals surface area contributed by atoms with Crippen molar-refractivity contribution in [3.8, 4) is 0 Å². The Morgan fingerprint density at radius 2 is 1.89 bits per heavy atom. The van der Waals surface area contributed by atoms with Crippen molar-refractivity contribution in [2.75, 3.05) is 0 Å². The first-order valence-corrected chi connectivity index (χ1v) is 7.11. The molecule has 0 N–H and O–H groups in total. The van der Waals surface area contributed by atoms with Gasteiger partial charge in [-0.25, -0.2) is 4.21 Å². The number of nitrogens with zero attached hydrogens (tertiary/aromatic N) is 1. The number of benzene rings is 1. The van der Waals surface area contributed by atoms with Crippen LogP contribution in [0.2, 0.25) is 0 Å². The smallest absolute Gasteiger partial charge is 0.255 e. The molecule has 0 spiro atoms. The van der Waals surface area contributed by atoms with Crippen molar-refractivity contribution >= 4 is 16.7 Å². The molecule has 4 heteroatoms. The highest BCUT2D eigenvalue weighted by Crippen LogP contribution is 2.17. The maximum Gasteiger partial charge on any atom is 0.255 e. The quantitative estimate of drug-likeness (QED) is 0.806. The Balaban J connectivity index is 2.37. The highest BCUT2D eigenvalue weighted by molar-refractivity contribution is 7.85. The maximum absolute atomic E-state index is 12.5. The van der Waals surface area contributed by atoms with Gasteiger partial charge in [0, 0.05) is 11.1 Å². The van der Waals surface area contributed by atoms with Crippen molar-refractivity contribution in [2.24, 2.45) is 0 Å². The molecule has 1 unspecified atom stereocenters. The van der Waals surface area contributed by atoms with E-state index in [1.165, 1.54) is 10.6 Å². The molecule has 98 valence electrons. The van der Waals surface area contributed by atoms with Crippen LogP contribution in [0.15, 0.2) is 64.7 Å². The predicted molar refractivity (Wildman–Crippen MR) is 75.7 cm³/mol. The number of allylic oxidation sites excluding steroid dienone is 2. The molecule has 1 aromatic carbocycles. The summed E-state index contributed by atoms with van der Waals surface area (Å²) in [6, 6.07) is 10.9. The van der Waals surface area contributed by atoms with Gasteiger partial charge in [0.15, 0.2) is 0 Å². The Hall–Kier alpha value is -1.94. The Morgan fingerprint density at radius 1 is 1.21 bits per heavy atom. The first kappa shape index (κ1) is 13.5. The minimum Gasteiger partial charge on any atom is -0.276 e. The Bertz CT molecular complexity index is 638. The van der Waals surface area contributed by atoms with Gasteiger partial charge in [0.25, 0.3) is 5.91 Å². The van der Waals surface area contributed by atoms with Gasteiger partial charge in [0.2, 0.25) is 0 Å². The lowest BCUT2D eigenvalue weighted by Gasteiger charge is -2.06. The van der Waals surface area contributed by atoms with Gasteiger partial charge in [0.05, 0.1) is 0 Å². The van der Waals surface area contributed by atoms with Crippen LogP contribution >= 0.6 is 0 Å². The molecule has 1 aromatic heterocycles. The molecule has 0 aliphatic carbocycles. The van der Waals surface area contributed by atoms with Crippen LogP contribution in [0.4, 0.5) is 0 Å². The standard InChI is InChI=1S/C15H15NO2S/c1-3-5-14(17)16-11-4-6-15(16)19(18)13-9-7-12(2)8-10-13/h3-11H,1-2H3/b5-3+. The van der Waals surface area contributed by atoms with E-state index in [2.05, 4.69) is 0 Å². The number of hydrogen-bond donors (Lipinski definition) is 0. The number of carbonyl (C=O) groups excluding carboxylic acids is 1. The van der Waals surface area contributed by atoms with E-state index in [1.807, 2.05) is 31.2 Å². The Labute approximate surface area is 115 Å². The van der Waals surface area contributed by atoms with Gasteiger partial charge in [-0.1, -0.05) is 23.8 Å². The number of aromatic nitrogens is 1. The fraction of sp³-hybridized carbons (Fsp3) is 0.133. The Kier molecular flexibility index (Phi) is 4.12. The maximum atomic E-state index is 12.5. The van der Waals surface area contributed by atoms with Gasteiger partial charge in [-0.05, 0) is 44.2 Å². The van der Waals surface area contributed by atoms with Crippen LogP contribution in [-0.2, 0) is 10.8 Å². The van der Waals surface area contributed by atoms with Crippen molar-refractivity contribution in [1.29, 1.82) is 0 Å². The number of aryl methyl sites for hydroxylation is 1. The number of rotatable bonds is 3. The van der Waals surface area contributed by atoms with Crippen LogP contribution in [0, 0.1) is 6.92 Å². The fourth-order valence-electron chi connectivity index (χ4n) is 1.70. The molecule has 0 bridgehead atoms. The van der Waals surface area contributed by atoms with Crippen LogP contribution in [0.1, 0.15) is 17.3 Å². The second-order valence-electron chi connectivity index (χ2n) is 4.14. The van der Waals surface area contributed by atoms with E-state index >= 15 is 0 Å². The lowest BCUT2D eigenvalue weighted by atomic mass is 10.2. The summed E-state index contributed by atoms with van der Waals surface area (Å²) >= 11 is 0. The summed E-state index contributed by atoms with van der Waals surface area (Å²) in [6.45, 7) is 3.75. The molecule has 0 saturated heterocycles. The molecule has 0 aliphatic rings. The van der Waals surface area contributed by atoms with Crippen molar-refractivity contribution in [1.82, 2.24) is 4.57 Å². The van der Waals surface area contributed by atoms with E-state index in [0.29, 0.717) is 9.92 Å². The van der Waals surface area contributed by atoms with E-state index in [1.54, 1.807) is 31.3 Å². The highest BCUT2D eigenvalue weighted by Gasteiger charge is 2.14. The molecule has 2 aromatic rings. The molecule has 0 amide bonds. The molecule has 0 fully saturated rings. The van der Waals surface area contributed by atoms with E-state index in [9.17, 15) is 9.00 Å². The molecule has 1 atom stereocenters. The second kappa shape index (κ2) is 5.80. The molecule has 2 rings (SSSR count). The third-order valence-electron chi connectivity index (χ3n) is 2.68. The lowest BCUT2D eigenvalue weighted by Crippen LogP contribution is -2.11. The first-order valence-electron chi connectivity index (χ1n) is 5.96. The second-order valence-corrected chi connectivity index (χ2v) is 5.56. The van der Waals surface area contributed by atoms with Crippen molar-refractivity contribution in [3.05, 3.63) is 60.3 Å². The zero-order valence-corrected chi connectivity index (χ0v) is 11.7. The topological polar surface area (TPSA) is 39.1 Å². The Morgan fingerprint density at radius 3 is 2.53 bits per heavy atom. The van der Waals surface area contributed by atoms with Crippen LogP contribution in [-0.4, -0.2) is 14.7 Å². The summed E-state index contributed by atoms with van der Waals surface area (Å²) in [5, 5.41) is 0.493. The van der Waals surface area contributed by atoms with E-state index in [4.69, 9.17) is 0 Å². The summed E-state index contributed by atoms with van der Waals surface area (Å²) in [5.41, 5.74) is 1.11. The van der Waals surface area contributed by atoms with Crippen LogP contribution < -0.4 is 0 Å². The van der Waals surface area contributed by atoms with E-state index < -0.39 is 10.8 Å². The zero-order valence-electron chi connectivity index (χ0n) is 10.9. The number of carbonyl (C=O) groups is 1. The highest BCUT2D eigenvalue weighted by atomic mass is 32.2. The molecular formula is C15H15NO2S.